The van der Waals surface area contributed by atoms with Crippen molar-refractivity contribution in [2.45, 2.75) is 38.5 Å². The van der Waals surface area contributed by atoms with Crippen LogP contribution in [-0.4, -0.2) is 36.9 Å². The molecule has 0 amide bonds. The summed E-state index contributed by atoms with van der Waals surface area (Å²) in [5.74, 6) is 0.544. The Kier molecular flexibility index (Phi) is 14.1. The van der Waals surface area contributed by atoms with Crippen molar-refractivity contribution >= 4 is 35.1 Å². The zero-order valence-electron chi connectivity index (χ0n) is 11.6. The lowest BCUT2D eigenvalue weighted by Crippen LogP contribution is -2.05. The zero-order chi connectivity index (χ0) is 15.1. The molecule has 20 heavy (non-hydrogen) atoms. The van der Waals surface area contributed by atoms with Crippen molar-refractivity contribution in [2.24, 2.45) is 0 Å². The highest BCUT2D eigenvalue weighted by molar-refractivity contribution is 6.18. The van der Waals surface area contributed by atoms with Gasteiger partial charge < -0.3 is 9.47 Å². The van der Waals surface area contributed by atoms with E-state index in [1.807, 2.05) is 12.2 Å². The third-order valence-corrected chi connectivity index (χ3v) is 2.81. The van der Waals surface area contributed by atoms with E-state index in [1.165, 1.54) is 0 Å². The minimum Gasteiger partial charge on any atom is -0.466 e. The second-order valence-corrected chi connectivity index (χ2v) is 4.83. The Morgan fingerprint density at radius 1 is 0.800 bits per heavy atom. The molecule has 0 aromatic carbocycles. The van der Waals surface area contributed by atoms with Crippen LogP contribution in [0.2, 0.25) is 0 Å². The van der Waals surface area contributed by atoms with E-state index in [0.29, 0.717) is 63.5 Å². The molecule has 0 aromatic rings. The Balaban J connectivity index is 3.43. The summed E-state index contributed by atoms with van der Waals surface area (Å²) in [6.07, 6.45) is 7.01. The second kappa shape index (κ2) is 14.7. The van der Waals surface area contributed by atoms with Crippen LogP contribution in [0.15, 0.2) is 12.2 Å². The first-order valence-electron chi connectivity index (χ1n) is 6.79. The third kappa shape index (κ3) is 13.7. The molecule has 0 aromatic heterocycles. The van der Waals surface area contributed by atoms with Crippen molar-refractivity contribution in [1.29, 1.82) is 0 Å². The lowest BCUT2D eigenvalue weighted by molar-refractivity contribution is -0.144. The molecule has 0 unspecified atom stereocenters. The minimum absolute atomic E-state index is 0.222. The van der Waals surface area contributed by atoms with Crippen molar-refractivity contribution in [3.63, 3.8) is 0 Å². The van der Waals surface area contributed by atoms with Gasteiger partial charge in [0.25, 0.3) is 0 Å². The van der Waals surface area contributed by atoms with E-state index in [-0.39, 0.29) is 11.9 Å². The summed E-state index contributed by atoms with van der Waals surface area (Å²) in [6, 6.07) is 0. The summed E-state index contributed by atoms with van der Waals surface area (Å²) >= 11 is 10.9. The van der Waals surface area contributed by atoms with Crippen LogP contribution in [0.25, 0.3) is 0 Å². The topological polar surface area (TPSA) is 52.6 Å². The van der Waals surface area contributed by atoms with Crippen LogP contribution in [-0.2, 0) is 19.1 Å². The van der Waals surface area contributed by atoms with E-state index in [0.717, 1.165) is 0 Å². The molecule has 116 valence electrons. The van der Waals surface area contributed by atoms with Crippen LogP contribution in [0.5, 0.6) is 0 Å². The molecule has 0 aliphatic carbocycles. The standard InChI is InChI=1S/C14H22Cl2O4/c15-9-5-11-19-13(17)7-3-1-2-4-8-14(18)20-12-6-10-16/h1-2H,3-12H2/b2-1+. The fourth-order valence-electron chi connectivity index (χ4n) is 1.26. The number of alkyl halides is 2. The van der Waals surface area contributed by atoms with Crippen molar-refractivity contribution in [1.82, 2.24) is 0 Å². The van der Waals surface area contributed by atoms with E-state index >= 15 is 0 Å². The van der Waals surface area contributed by atoms with Gasteiger partial charge in [-0.15, -0.1) is 23.2 Å². The van der Waals surface area contributed by atoms with Gasteiger partial charge in [0.1, 0.15) is 0 Å². The smallest absolute Gasteiger partial charge is 0.306 e. The molecular formula is C14H22Cl2O4. The summed E-state index contributed by atoms with van der Waals surface area (Å²) in [5, 5.41) is 0. The monoisotopic (exact) mass is 324 g/mol. The van der Waals surface area contributed by atoms with Crippen molar-refractivity contribution in [3.8, 4) is 0 Å². The molecule has 0 heterocycles. The number of hydrogen-bond donors (Lipinski definition) is 0. The van der Waals surface area contributed by atoms with Gasteiger partial charge >= 0.3 is 11.9 Å². The van der Waals surface area contributed by atoms with Crippen LogP contribution in [0.4, 0.5) is 0 Å². The molecule has 0 spiro atoms. The van der Waals surface area contributed by atoms with Gasteiger partial charge in [0.2, 0.25) is 0 Å². The fraction of sp³-hybridized carbons (Fsp3) is 0.714. The molecule has 0 rings (SSSR count). The van der Waals surface area contributed by atoms with Gasteiger partial charge in [-0.2, -0.15) is 0 Å². The SMILES string of the molecule is O=C(CC/C=C/CCC(=O)OCCCCl)OCCCCl. The van der Waals surface area contributed by atoms with Gasteiger partial charge in [0, 0.05) is 24.6 Å². The highest BCUT2D eigenvalue weighted by Crippen LogP contribution is 2.00. The van der Waals surface area contributed by atoms with E-state index in [2.05, 4.69) is 0 Å². The molecule has 0 saturated heterocycles. The van der Waals surface area contributed by atoms with Crippen LogP contribution < -0.4 is 0 Å². The maximum atomic E-state index is 11.2. The summed E-state index contributed by atoms with van der Waals surface area (Å²) in [6.45, 7) is 0.750. The van der Waals surface area contributed by atoms with Gasteiger partial charge in [-0.1, -0.05) is 12.2 Å². The van der Waals surface area contributed by atoms with Crippen molar-refractivity contribution < 1.29 is 19.1 Å². The number of carbonyl (C=O) groups excluding carboxylic acids is 2. The first-order chi connectivity index (χ1) is 9.70. The Labute approximate surface area is 130 Å². The number of hydrogen-bond acceptors (Lipinski definition) is 4. The molecule has 0 atom stereocenters. The minimum atomic E-state index is -0.222. The van der Waals surface area contributed by atoms with Crippen LogP contribution in [0.3, 0.4) is 0 Å². The molecule has 0 N–H and O–H groups in total. The fourth-order valence-corrected chi connectivity index (χ4v) is 1.48. The molecule has 0 saturated carbocycles. The summed E-state index contributed by atoms with van der Waals surface area (Å²) < 4.78 is 9.88. The van der Waals surface area contributed by atoms with E-state index in [4.69, 9.17) is 32.7 Å². The Bertz CT molecular complexity index is 265. The van der Waals surface area contributed by atoms with Gasteiger partial charge in [0.15, 0.2) is 0 Å². The normalized spacial score (nSPS) is 10.7. The van der Waals surface area contributed by atoms with Gasteiger partial charge in [0.05, 0.1) is 13.2 Å². The maximum absolute atomic E-state index is 11.2. The average molecular weight is 325 g/mol. The first kappa shape index (κ1) is 19.3. The largest absolute Gasteiger partial charge is 0.466 e. The number of rotatable bonds is 12. The summed E-state index contributed by atoms with van der Waals surface area (Å²) in [5.41, 5.74) is 0. The average Bonchev–Trinajstić information content (AvgIpc) is 2.43. The number of allylic oxidation sites excluding steroid dienone is 2. The zero-order valence-corrected chi connectivity index (χ0v) is 13.1. The maximum Gasteiger partial charge on any atom is 0.306 e. The van der Waals surface area contributed by atoms with Gasteiger partial charge in [-0.3, -0.25) is 9.59 Å². The van der Waals surface area contributed by atoms with E-state index in [9.17, 15) is 9.59 Å². The number of ether oxygens (including phenoxy) is 2. The number of carbonyl (C=O) groups is 2. The highest BCUT2D eigenvalue weighted by atomic mass is 35.5. The Morgan fingerprint density at radius 2 is 1.20 bits per heavy atom. The lowest BCUT2D eigenvalue weighted by atomic mass is 10.2. The van der Waals surface area contributed by atoms with Crippen LogP contribution in [0, 0.1) is 0 Å². The van der Waals surface area contributed by atoms with Gasteiger partial charge in [-0.05, 0) is 25.7 Å². The second-order valence-electron chi connectivity index (χ2n) is 4.07. The molecule has 0 aliphatic rings. The van der Waals surface area contributed by atoms with Crippen LogP contribution >= 0.6 is 23.2 Å². The van der Waals surface area contributed by atoms with E-state index < -0.39 is 0 Å². The molecule has 0 aliphatic heterocycles. The molecule has 0 fully saturated rings. The Morgan fingerprint density at radius 3 is 1.55 bits per heavy atom. The Hall–Kier alpha value is -0.740. The van der Waals surface area contributed by atoms with Gasteiger partial charge in [-0.25, -0.2) is 0 Å². The number of esters is 2. The third-order valence-electron chi connectivity index (χ3n) is 2.28. The summed E-state index contributed by atoms with van der Waals surface area (Å²) in [7, 11) is 0. The lowest BCUT2D eigenvalue weighted by Gasteiger charge is -2.02. The molecule has 0 bridgehead atoms. The predicted octanol–water partition coefficient (Wildman–Crippen LogP) is 3.45. The van der Waals surface area contributed by atoms with Crippen molar-refractivity contribution in [2.75, 3.05) is 25.0 Å². The van der Waals surface area contributed by atoms with Crippen molar-refractivity contribution in [3.05, 3.63) is 12.2 Å². The first-order valence-corrected chi connectivity index (χ1v) is 7.85. The summed E-state index contributed by atoms with van der Waals surface area (Å²) in [4.78, 5) is 22.4. The molecular weight excluding hydrogens is 303 g/mol. The number of halogens is 2. The molecule has 0 radical (unpaired) electrons. The predicted molar refractivity (Wildman–Crippen MR) is 80.2 cm³/mol. The molecule has 4 nitrogen and oxygen atoms in total. The highest BCUT2D eigenvalue weighted by Gasteiger charge is 2.01. The quantitative estimate of drug-likeness (QED) is 0.239. The van der Waals surface area contributed by atoms with E-state index in [1.54, 1.807) is 0 Å². The molecule has 6 heteroatoms. The van der Waals surface area contributed by atoms with Crippen LogP contribution in [0.1, 0.15) is 38.5 Å².